The molecule has 1 fully saturated rings. The molecule has 1 aliphatic rings. The first-order valence-corrected chi connectivity index (χ1v) is 6.82. The Morgan fingerprint density at radius 1 is 1.25 bits per heavy atom. The first-order chi connectivity index (χ1) is 9.61. The molecule has 2 nitrogen and oxygen atoms in total. The third kappa shape index (κ3) is 3.44. The van der Waals surface area contributed by atoms with Crippen molar-refractivity contribution in [2.24, 2.45) is 5.92 Å². The van der Waals surface area contributed by atoms with Crippen LogP contribution in [-0.2, 0) is 9.53 Å². The van der Waals surface area contributed by atoms with Crippen molar-refractivity contribution < 1.29 is 18.3 Å². The molecule has 0 radical (unpaired) electrons. The van der Waals surface area contributed by atoms with E-state index in [4.69, 9.17) is 0 Å². The Balaban J connectivity index is 1.96. The molecular formula is C16H18F2O2. The van der Waals surface area contributed by atoms with Gasteiger partial charge in [-0.2, -0.15) is 0 Å². The Bertz CT molecular complexity index is 503. The van der Waals surface area contributed by atoms with Gasteiger partial charge < -0.3 is 4.74 Å². The Morgan fingerprint density at radius 2 is 1.95 bits per heavy atom. The number of hydrogen-bond acceptors (Lipinski definition) is 2. The number of hydrogen-bond donors (Lipinski definition) is 0. The number of ether oxygens (including phenoxy) is 1. The van der Waals surface area contributed by atoms with Gasteiger partial charge in [-0.05, 0) is 49.1 Å². The quantitative estimate of drug-likeness (QED) is 0.618. The van der Waals surface area contributed by atoms with Crippen molar-refractivity contribution in [3.8, 4) is 0 Å². The van der Waals surface area contributed by atoms with Crippen LogP contribution in [-0.4, -0.2) is 13.1 Å². The maximum atomic E-state index is 13.7. The van der Waals surface area contributed by atoms with Crippen LogP contribution in [0, 0.1) is 17.6 Å². The summed E-state index contributed by atoms with van der Waals surface area (Å²) in [6.07, 6.45) is 6.63. The van der Waals surface area contributed by atoms with E-state index in [9.17, 15) is 13.6 Å². The molecule has 0 unspecified atom stereocenters. The van der Waals surface area contributed by atoms with Gasteiger partial charge in [0.15, 0.2) is 11.6 Å². The Kier molecular flexibility index (Phi) is 4.88. The predicted octanol–water partition coefficient (Wildman–Crippen LogP) is 3.97. The van der Waals surface area contributed by atoms with Gasteiger partial charge in [0, 0.05) is 6.08 Å². The van der Waals surface area contributed by atoms with E-state index in [0.29, 0.717) is 11.5 Å². The van der Waals surface area contributed by atoms with Crippen LogP contribution in [0.15, 0.2) is 30.4 Å². The molecule has 4 heteroatoms. The predicted molar refractivity (Wildman–Crippen MR) is 72.2 cm³/mol. The molecule has 0 saturated heterocycles. The van der Waals surface area contributed by atoms with Crippen molar-refractivity contribution in [1.82, 2.24) is 0 Å². The highest BCUT2D eigenvalue weighted by molar-refractivity contribution is 5.81. The largest absolute Gasteiger partial charge is 0.466 e. The fourth-order valence-corrected chi connectivity index (χ4v) is 2.74. The second-order valence-corrected chi connectivity index (χ2v) is 5.14. The highest BCUT2D eigenvalue weighted by Crippen LogP contribution is 2.37. The summed E-state index contributed by atoms with van der Waals surface area (Å²) in [6.45, 7) is 0. The van der Waals surface area contributed by atoms with E-state index in [1.807, 2.05) is 6.08 Å². The molecule has 0 aromatic heterocycles. The third-order valence-corrected chi connectivity index (χ3v) is 3.90. The summed E-state index contributed by atoms with van der Waals surface area (Å²) in [5.41, 5.74) is 0.473. The number of benzene rings is 1. The normalized spacial score (nSPS) is 22.9. The van der Waals surface area contributed by atoms with Gasteiger partial charge in [-0.15, -0.1) is 0 Å². The van der Waals surface area contributed by atoms with Gasteiger partial charge in [0.2, 0.25) is 0 Å². The Labute approximate surface area is 117 Å². The van der Waals surface area contributed by atoms with Crippen LogP contribution >= 0.6 is 0 Å². The monoisotopic (exact) mass is 280 g/mol. The maximum absolute atomic E-state index is 13.7. The van der Waals surface area contributed by atoms with E-state index < -0.39 is 11.6 Å². The van der Waals surface area contributed by atoms with E-state index in [1.165, 1.54) is 13.2 Å². The minimum Gasteiger partial charge on any atom is -0.466 e. The minimum absolute atomic E-state index is 0.0634. The van der Waals surface area contributed by atoms with Gasteiger partial charge in [-0.1, -0.05) is 18.2 Å². The molecule has 108 valence electrons. The van der Waals surface area contributed by atoms with Crippen LogP contribution in [0.5, 0.6) is 0 Å². The molecular weight excluding hydrogens is 262 g/mol. The van der Waals surface area contributed by atoms with E-state index in [0.717, 1.165) is 31.7 Å². The molecule has 1 aromatic carbocycles. The smallest absolute Gasteiger partial charge is 0.330 e. The molecule has 1 aromatic rings. The highest BCUT2D eigenvalue weighted by Gasteiger charge is 2.24. The molecule has 1 saturated carbocycles. The molecule has 0 atom stereocenters. The van der Waals surface area contributed by atoms with Gasteiger partial charge in [0.1, 0.15) is 0 Å². The lowest BCUT2D eigenvalue weighted by Gasteiger charge is -2.27. The van der Waals surface area contributed by atoms with Gasteiger partial charge in [0.25, 0.3) is 0 Å². The van der Waals surface area contributed by atoms with Crippen LogP contribution < -0.4 is 0 Å². The van der Waals surface area contributed by atoms with Crippen LogP contribution in [0.1, 0.15) is 37.2 Å². The van der Waals surface area contributed by atoms with Crippen molar-refractivity contribution in [3.05, 3.63) is 47.5 Å². The van der Waals surface area contributed by atoms with Crippen molar-refractivity contribution in [3.63, 3.8) is 0 Å². The Hall–Kier alpha value is -1.71. The molecule has 0 N–H and O–H groups in total. The topological polar surface area (TPSA) is 26.3 Å². The fraction of sp³-hybridized carbons (Fsp3) is 0.438. The molecule has 0 heterocycles. The summed E-state index contributed by atoms with van der Waals surface area (Å²) in [4.78, 5) is 11.0. The summed E-state index contributed by atoms with van der Waals surface area (Å²) in [5, 5.41) is 0. The standard InChI is InChI=1S/C16H18F2O2/c1-20-15(19)10-7-11-5-8-12(9-6-11)13-3-2-4-14(17)16(13)18/h2-4,7,10-12H,5-6,8-9H2,1H3/t11-,12-. The second-order valence-electron chi connectivity index (χ2n) is 5.14. The highest BCUT2D eigenvalue weighted by atomic mass is 19.2. The van der Waals surface area contributed by atoms with Crippen molar-refractivity contribution in [2.45, 2.75) is 31.6 Å². The zero-order valence-corrected chi connectivity index (χ0v) is 11.4. The number of rotatable bonds is 3. The molecule has 0 spiro atoms. The summed E-state index contributed by atoms with van der Waals surface area (Å²) >= 11 is 0. The van der Waals surface area contributed by atoms with Gasteiger partial charge in [0.05, 0.1) is 7.11 Å². The minimum atomic E-state index is -0.782. The summed E-state index contributed by atoms with van der Waals surface area (Å²) in [5.74, 6) is -1.49. The molecule has 2 rings (SSSR count). The molecule has 1 aliphatic carbocycles. The molecule has 0 aliphatic heterocycles. The van der Waals surface area contributed by atoms with Gasteiger partial charge >= 0.3 is 5.97 Å². The van der Waals surface area contributed by atoms with Gasteiger partial charge in [-0.3, -0.25) is 0 Å². The first kappa shape index (κ1) is 14.7. The zero-order chi connectivity index (χ0) is 14.5. The number of halogens is 2. The third-order valence-electron chi connectivity index (χ3n) is 3.90. The van der Waals surface area contributed by atoms with Crippen molar-refractivity contribution >= 4 is 5.97 Å². The first-order valence-electron chi connectivity index (χ1n) is 6.82. The van der Waals surface area contributed by atoms with Crippen molar-refractivity contribution in [2.75, 3.05) is 7.11 Å². The lowest BCUT2D eigenvalue weighted by molar-refractivity contribution is -0.134. The zero-order valence-electron chi connectivity index (χ0n) is 11.4. The number of carbonyl (C=O) groups excluding carboxylic acids is 1. The number of carbonyl (C=O) groups is 1. The van der Waals surface area contributed by atoms with Crippen LogP contribution in [0.2, 0.25) is 0 Å². The fourth-order valence-electron chi connectivity index (χ4n) is 2.74. The second kappa shape index (κ2) is 6.64. The molecule has 0 bridgehead atoms. The lowest BCUT2D eigenvalue weighted by Crippen LogP contribution is -2.13. The SMILES string of the molecule is COC(=O)C=C[C@H]1CC[C@H](c2cccc(F)c2F)CC1. The number of allylic oxidation sites excluding steroid dienone is 1. The number of esters is 1. The van der Waals surface area contributed by atoms with Gasteiger partial charge in [-0.25, -0.2) is 13.6 Å². The number of methoxy groups -OCH3 is 1. The van der Waals surface area contributed by atoms with Crippen molar-refractivity contribution in [1.29, 1.82) is 0 Å². The average Bonchev–Trinajstić information content (AvgIpc) is 2.48. The molecule has 0 amide bonds. The van der Waals surface area contributed by atoms with Crippen LogP contribution in [0.4, 0.5) is 8.78 Å². The van der Waals surface area contributed by atoms with E-state index in [2.05, 4.69) is 4.74 Å². The van der Waals surface area contributed by atoms with E-state index in [1.54, 1.807) is 12.1 Å². The average molecular weight is 280 g/mol. The Morgan fingerprint density at radius 3 is 2.60 bits per heavy atom. The van der Waals surface area contributed by atoms with Crippen LogP contribution in [0.3, 0.4) is 0 Å². The lowest BCUT2D eigenvalue weighted by atomic mass is 9.78. The summed E-state index contributed by atoms with van der Waals surface area (Å²) in [7, 11) is 1.34. The van der Waals surface area contributed by atoms with Crippen LogP contribution in [0.25, 0.3) is 0 Å². The summed E-state index contributed by atoms with van der Waals surface area (Å²) in [6, 6.07) is 4.36. The molecule has 20 heavy (non-hydrogen) atoms. The maximum Gasteiger partial charge on any atom is 0.330 e. The summed E-state index contributed by atoms with van der Waals surface area (Å²) < 4.78 is 31.5. The van der Waals surface area contributed by atoms with E-state index in [-0.39, 0.29) is 11.9 Å². The van der Waals surface area contributed by atoms with E-state index >= 15 is 0 Å².